The molecule has 0 spiro atoms. The van der Waals surface area contributed by atoms with Gasteiger partial charge in [-0.2, -0.15) is 0 Å². The average Bonchev–Trinajstić information content (AvgIpc) is 3.03. The molecule has 0 bridgehead atoms. The number of fused-ring (bicyclic) bond motifs is 1. The van der Waals surface area contributed by atoms with Crippen molar-refractivity contribution in [2.75, 3.05) is 26.0 Å². The van der Waals surface area contributed by atoms with Gasteiger partial charge in [0.2, 0.25) is 5.91 Å². The molecule has 140 valence electrons. The van der Waals surface area contributed by atoms with E-state index in [2.05, 4.69) is 27.0 Å². The molecule has 1 atom stereocenters. The predicted molar refractivity (Wildman–Crippen MR) is 99.8 cm³/mol. The molecule has 1 N–H and O–H groups in total. The van der Waals surface area contributed by atoms with E-state index in [4.69, 9.17) is 9.47 Å². The molecule has 2 aromatic rings. The van der Waals surface area contributed by atoms with Crippen molar-refractivity contribution in [2.24, 2.45) is 5.92 Å². The molecule has 1 aromatic heterocycles. The summed E-state index contributed by atoms with van der Waals surface area (Å²) in [4.78, 5) is 12.4. The number of aromatic nitrogens is 3. The van der Waals surface area contributed by atoms with Crippen LogP contribution in [0.2, 0.25) is 0 Å². The molecule has 0 saturated heterocycles. The molecule has 1 aliphatic rings. The lowest BCUT2D eigenvalue weighted by atomic mass is 9.95. The van der Waals surface area contributed by atoms with Crippen LogP contribution in [-0.2, 0) is 17.8 Å². The molecular formula is C18H24N4O3S. The van der Waals surface area contributed by atoms with Crippen LogP contribution in [0, 0.1) is 12.8 Å². The first-order valence-electron chi connectivity index (χ1n) is 8.73. The molecule has 0 unspecified atom stereocenters. The minimum absolute atomic E-state index is 0.0206. The molecule has 8 heteroatoms. The van der Waals surface area contributed by atoms with Crippen LogP contribution in [0.4, 0.5) is 0 Å². The predicted octanol–water partition coefficient (Wildman–Crippen LogP) is 2.07. The third-order valence-corrected chi connectivity index (χ3v) is 5.37. The molecule has 3 rings (SSSR count). The molecule has 0 radical (unpaired) electrons. The molecule has 7 nitrogen and oxygen atoms in total. The summed E-state index contributed by atoms with van der Waals surface area (Å²) in [5.74, 6) is 2.97. The van der Waals surface area contributed by atoms with Gasteiger partial charge in [0.1, 0.15) is 12.4 Å². The van der Waals surface area contributed by atoms with Crippen molar-refractivity contribution in [2.45, 2.75) is 32.0 Å². The normalized spacial score (nSPS) is 15.9. The molecule has 26 heavy (non-hydrogen) atoms. The molecule has 0 fully saturated rings. The molecule has 1 aliphatic heterocycles. The first kappa shape index (κ1) is 18.6. The smallest absolute Gasteiger partial charge is 0.226 e. The van der Waals surface area contributed by atoms with E-state index in [1.807, 2.05) is 25.1 Å². The second-order valence-electron chi connectivity index (χ2n) is 6.07. The van der Waals surface area contributed by atoms with Gasteiger partial charge in [0, 0.05) is 18.8 Å². The van der Waals surface area contributed by atoms with E-state index in [0.717, 1.165) is 34.6 Å². The largest absolute Gasteiger partial charge is 0.493 e. The van der Waals surface area contributed by atoms with Crippen molar-refractivity contribution in [1.29, 1.82) is 0 Å². The fraction of sp³-hybridized carbons (Fsp3) is 0.500. The number of hydrogen-bond donors (Lipinski definition) is 1. The first-order valence-corrected chi connectivity index (χ1v) is 9.71. The van der Waals surface area contributed by atoms with Crippen LogP contribution in [-0.4, -0.2) is 46.7 Å². The van der Waals surface area contributed by atoms with Crippen molar-refractivity contribution in [3.8, 4) is 11.5 Å². The second kappa shape index (κ2) is 8.44. The third-order valence-electron chi connectivity index (χ3n) is 4.40. The number of ether oxygens (including phenoxy) is 2. The van der Waals surface area contributed by atoms with Crippen LogP contribution < -0.4 is 14.8 Å². The van der Waals surface area contributed by atoms with E-state index in [1.165, 1.54) is 0 Å². The van der Waals surface area contributed by atoms with Crippen LogP contribution in [0.1, 0.15) is 18.3 Å². The van der Waals surface area contributed by atoms with Crippen LogP contribution >= 0.6 is 11.8 Å². The third kappa shape index (κ3) is 3.95. The number of carbonyl (C=O) groups excluding carboxylic acids is 1. The highest BCUT2D eigenvalue weighted by molar-refractivity contribution is 7.99. The van der Waals surface area contributed by atoms with Gasteiger partial charge in [-0.05, 0) is 31.9 Å². The Hall–Kier alpha value is -2.22. The Labute approximate surface area is 157 Å². The van der Waals surface area contributed by atoms with Crippen molar-refractivity contribution < 1.29 is 14.3 Å². The van der Waals surface area contributed by atoms with Gasteiger partial charge in [-0.25, -0.2) is 0 Å². The Morgan fingerprint density at radius 1 is 1.46 bits per heavy atom. The Bertz CT molecular complexity index is 778. The van der Waals surface area contributed by atoms with Crippen LogP contribution in [0.15, 0.2) is 23.4 Å². The molecule has 1 amide bonds. The second-order valence-corrected chi connectivity index (χ2v) is 7.14. The minimum Gasteiger partial charge on any atom is -0.493 e. The Morgan fingerprint density at radius 3 is 3.08 bits per heavy atom. The van der Waals surface area contributed by atoms with E-state index in [-0.39, 0.29) is 11.8 Å². The number of benzene rings is 1. The van der Waals surface area contributed by atoms with E-state index in [9.17, 15) is 4.79 Å². The van der Waals surface area contributed by atoms with E-state index >= 15 is 0 Å². The highest BCUT2D eigenvalue weighted by atomic mass is 32.2. The van der Waals surface area contributed by atoms with E-state index in [1.54, 1.807) is 18.9 Å². The maximum absolute atomic E-state index is 12.4. The molecule has 2 heterocycles. The Kier molecular flexibility index (Phi) is 6.03. The summed E-state index contributed by atoms with van der Waals surface area (Å²) >= 11 is 1.60. The van der Waals surface area contributed by atoms with Crippen molar-refractivity contribution in [3.63, 3.8) is 0 Å². The number of amides is 1. The van der Waals surface area contributed by atoms with Crippen LogP contribution in [0.3, 0.4) is 0 Å². The number of hydrogen-bond acceptors (Lipinski definition) is 6. The summed E-state index contributed by atoms with van der Waals surface area (Å²) in [5.41, 5.74) is 1.01. The van der Waals surface area contributed by atoms with Gasteiger partial charge in [-0.15, -0.1) is 10.2 Å². The van der Waals surface area contributed by atoms with Gasteiger partial charge in [0.25, 0.3) is 0 Å². The monoisotopic (exact) mass is 376 g/mol. The lowest BCUT2D eigenvalue weighted by molar-refractivity contribution is -0.126. The highest BCUT2D eigenvalue weighted by Gasteiger charge is 2.27. The fourth-order valence-corrected chi connectivity index (χ4v) is 3.92. The molecule has 0 aliphatic carbocycles. The molecular weight excluding hydrogens is 352 g/mol. The SMILES string of the molecule is CCn1c(C)nnc1SCCNC(=O)[C@H]1COc2c(cccc2OC)C1. The number of para-hydroxylation sites is 1. The summed E-state index contributed by atoms with van der Waals surface area (Å²) in [7, 11) is 1.62. The van der Waals surface area contributed by atoms with Gasteiger partial charge in [-0.3, -0.25) is 4.79 Å². The van der Waals surface area contributed by atoms with E-state index in [0.29, 0.717) is 25.3 Å². The van der Waals surface area contributed by atoms with Gasteiger partial charge < -0.3 is 19.4 Å². The zero-order chi connectivity index (χ0) is 18.5. The Balaban J connectivity index is 1.48. The van der Waals surface area contributed by atoms with Gasteiger partial charge in [0.15, 0.2) is 16.7 Å². The lowest BCUT2D eigenvalue weighted by Crippen LogP contribution is -2.38. The Morgan fingerprint density at radius 2 is 2.31 bits per heavy atom. The molecule has 1 aromatic carbocycles. The highest BCUT2D eigenvalue weighted by Crippen LogP contribution is 2.36. The minimum atomic E-state index is -0.179. The summed E-state index contributed by atoms with van der Waals surface area (Å²) in [6, 6.07) is 5.77. The quantitative estimate of drug-likeness (QED) is 0.589. The molecule has 0 saturated carbocycles. The lowest BCUT2D eigenvalue weighted by Gasteiger charge is -2.25. The fourth-order valence-electron chi connectivity index (χ4n) is 3.02. The standard InChI is InChI=1S/C18H24N4O3S/c1-4-22-12(2)20-21-18(22)26-9-8-19-17(23)14-10-13-6-5-7-15(24-3)16(13)25-11-14/h5-7,14H,4,8-11H2,1-3H3,(H,19,23)/t14-/m1/s1. The van der Waals surface area contributed by atoms with Crippen LogP contribution in [0.5, 0.6) is 11.5 Å². The van der Waals surface area contributed by atoms with Crippen molar-refractivity contribution in [3.05, 3.63) is 29.6 Å². The topological polar surface area (TPSA) is 78.3 Å². The maximum atomic E-state index is 12.4. The van der Waals surface area contributed by atoms with Crippen molar-refractivity contribution >= 4 is 17.7 Å². The first-order chi connectivity index (χ1) is 12.6. The maximum Gasteiger partial charge on any atom is 0.226 e. The van der Waals surface area contributed by atoms with Gasteiger partial charge in [0.05, 0.1) is 13.0 Å². The summed E-state index contributed by atoms with van der Waals surface area (Å²) in [6.07, 6.45) is 0.662. The van der Waals surface area contributed by atoms with Crippen LogP contribution in [0.25, 0.3) is 0 Å². The summed E-state index contributed by atoms with van der Waals surface area (Å²) in [5, 5.41) is 12.1. The van der Waals surface area contributed by atoms with E-state index < -0.39 is 0 Å². The van der Waals surface area contributed by atoms with Gasteiger partial charge in [-0.1, -0.05) is 23.9 Å². The number of thioether (sulfide) groups is 1. The zero-order valence-electron chi connectivity index (χ0n) is 15.3. The number of rotatable bonds is 7. The number of aryl methyl sites for hydroxylation is 1. The number of carbonyl (C=O) groups is 1. The number of methoxy groups -OCH3 is 1. The van der Waals surface area contributed by atoms with Crippen molar-refractivity contribution in [1.82, 2.24) is 20.1 Å². The summed E-state index contributed by atoms with van der Waals surface area (Å²) < 4.78 is 13.1. The average molecular weight is 376 g/mol. The zero-order valence-corrected chi connectivity index (χ0v) is 16.1. The van der Waals surface area contributed by atoms with Gasteiger partial charge >= 0.3 is 0 Å². The number of nitrogens with one attached hydrogen (secondary N) is 1. The number of nitrogens with zero attached hydrogens (tertiary/aromatic N) is 3. The summed E-state index contributed by atoms with van der Waals surface area (Å²) in [6.45, 7) is 5.81.